The van der Waals surface area contributed by atoms with Crippen LogP contribution in [0.4, 0.5) is 0 Å². The van der Waals surface area contributed by atoms with Gasteiger partial charge in [0.2, 0.25) is 11.8 Å². The molecular formula is C43H44N2O8. The number of esters is 1. The van der Waals surface area contributed by atoms with E-state index in [0.29, 0.717) is 57.1 Å². The third kappa shape index (κ3) is 12.0. The Bertz CT molecular complexity index is 2020. The number of nitrogens with zero attached hydrogens (tertiary/aromatic N) is 2. The summed E-state index contributed by atoms with van der Waals surface area (Å²) in [6.07, 6.45) is 3.03. The highest BCUT2D eigenvalue weighted by Crippen LogP contribution is 2.24. The van der Waals surface area contributed by atoms with Crippen LogP contribution in [0.1, 0.15) is 46.9 Å². The SMILES string of the molecule is COC(=O)CCc1ccc(OCCc2nc(-c3ccccc3)oc2C)cc1.Cc1oc(-c2ccccc2)nc1CCOc1ccc(CCC(=O)O)cc1. The fourth-order valence-electron chi connectivity index (χ4n) is 5.36. The smallest absolute Gasteiger partial charge is 0.305 e. The molecule has 0 unspecified atom stereocenters. The number of aromatic nitrogens is 2. The molecule has 274 valence electrons. The van der Waals surface area contributed by atoms with E-state index in [2.05, 4.69) is 14.7 Å². The molecule has 0 amide bonds. The van der Waals surface area contributed by atoms with Crippen LogP contribution in [0.2, 0.25) is 0 Å². The minimum absolute atomic E-state index is 0.134. The number of ether oxygens (including phenoxy) is 3. The van der Waals surface area contributed by atoms with E-state index in [1.807, 2.05) is 123 Å². The summed E-state index contributed by atoms with van der Waals surface area (Å²) in [5.41, 5.74) is 5.78. The standard InChI is InChI=1S/C22H23NO4.C21H21NO4/c1-16-20(23-22(27-16)18-6-4-3-5-7-18)14-15-26-19-11-8-17(9-12-19)10-13-21(24)25-2;1-15-19(22-21(26-15)17-5-3-2-4-6-17)13-14-25-18-10-7-16(8-11-18)9-12-20(23)24/h3-9,11-12H,10,13-15H2,1-2H3;2-8,10-11H,9,12-14H2,1H3,(H,23,24). The average Bonchev–Trinajstić information content (AvgIpc) is 3.76. The van der Waals surface area contributed by atoms with E-state index in [9.17, 15) is 9.59 Å². The van der Waals surface area contributed by atoms with Crippen LogP contribution in [0, 0.1) is 13.8 Å². The Kier molecular flexibility index (Phi) is 14.0. The van der Waals surface area contributed by atoms with Crippen molar-refractivity contribution in [3.63, 3.8) is 0 Å². The van der Waals surface area contributed by atoms with Crippen molar-refractivity contribution >= 4 is 11.9 Å². The molecule has 4 aromatic carbocycles. The van der Waals surface area contributed by atoms with Gasteiger partial charge in [-0.15, -0.1) is 0 Å². The van der Waals surface area contributed by atoms with E-state index < -0.39 is 5.97 Å². The van der Waals surface area contributed by atoms with Crippen molar-refractivity contribution in [1.82, 2.24) is 9.97 Å². The highest BCUT2D eigenvalue weighted by molar-refractivity contribution is 5.69. The molecule has 0 saturated heterocycles. The summed E-state index contributed by atoms with van der Waals surface area (Å²) in [6.45, 7) is 4.84. The molecule has 6 rings (SSSR count). The van der Waals surface area contributed by atoms with Gasteiger partial charge in [-0.25, -0.2) is 9.97 Å². The van der Waals surface area contributed by atoms with Crippen molar-refractivity contribution in [3.8, 4) is 34.4 Å². The highest BCUT2D eigenvalue weighted by atomic mass is 16.5. The van der Waals surface area contributed by atoms with Crippen LogP contribution in [-0.2, 0) is 40.0 Å². The van der Waals surface area contributed by atoms with Gasteiger partial charge in [-0.3, -0.25) is 9.59 Å². The molecule has 0 aliphatic rings. The zero-order valence-corrected chi connectivity index (χ0v) is 30.2. The van der Waals surface area contributed by atoms with Crippen LogP contribution >= 0.6 is 0 Å². The van der Waals surface area contributed by atoms with Crippen molar-refractivity contribution in [2.45, 2.75) is 52.4 Å². The maximum Gasteiger partial charge on any atom is 0.305 e. The largest absolute Gasteiger partial charge is 0.493 e. The second kappa shape index (κ2) is 19.4. The van der Waals surface area contributed by atoms with Gasteiger partial charge in [-0.1, -0.05) is 60.7 Å². The van der Waals surface area contributed by atoms with E-state index in [0.717, 1.165) is 56.7 Å². The average molecular weight is 717 g/mol. The molecule has 0 aliphatic carbocycles. The topological polar surface area (TPSA) is 134 Å². The number of hydrogen-bond acceptors (Lipinski definition) is 9. The summed E-state index contributed by atoms with van der Waals surface area (Å²) < 4.78 is 27.7. The molecule has 2 aromatic heterocycles. The zero-order valence-electron chi connectivity index (χ0n) is 30.2. The zero-order chi connectivity index (χ0) is 37.4. The molecular weight excluding hydrogens is 672 g/mol. The van der Waals surface area contributed by atoms with Gasteiger partial charge in [-0.05, 0) is 86.3 Å². The number of carbonyl (C=O) groups excluding carboxylic acids is 1. The lowest BCUT2D eigenvalue weighted by molar-refractivity contribution is -0.140. The quantitative estimate of drug-likeness (QED) is 0.0970. The molecule has 2 heterocycles. The van der Waals surface area contributed by atoms with E-state index in [-0.39, 0.29) is 12.4 Å². The summed E-state index contributed by atoms with van der Waals surface area (Å²) >= 11 is 0. The van der Waals surface area contributed by atoms with Gasteiger partial charge in [0.05, 0.1) is 31.7 Å². The molecule has 6 aromatic rings. The molecule has 0 saturated carbocycles. The molecule has 1 N–H and O–H groups in total. The highest BCUT2D eigenvalue weighted by Gasteiger charge is 2.13. The number of carboxylic acid groups (broad SMARTS) is 1. The van der Waals surface area contributed by atoms with Crippen LogP contribution in [-0.4, -0.2) is 47.3 Å². The van der Waals surface area contributed by atoms with Gasteiger partial charge < -0.3 is 28.2 Å². The lowest BCUT2D eigenvalue weighted by Gasteiger charge is -2.06. The fourth-order valence-corrected chi connectivity index (χ4v) is 5.36. The van der Waals surface area contributed by atoms with Gasteiger partial charge >= 0.3 is 11.9 Å². The molecule has 0 aliphatic heterocycles. The van der Waals surface area contributed by atoms with Crippen LogP contribution in [0.3, 0.4) is 0 Å². The van der Waals surface area contributed by atoms with E-state index in [4.69, 9.17) is 23.4 Å². The Morgan fingerprint density at radius 2 is 1.00 bits per heavy atom. The molecule has 0 atom stereocenters. The minimum Gasteiger partial charge on any atom is -0.493 e. The molecule has 0 radical (unpaired) electrons. The molecule has 10 nitrogen and oxygen atoms in total. The summed E-state index contributed by atoms with van der Waals surface area (Å²) in [5, 5.41) is 8.71. The summed E-state index contributed by atoms with van der Waals surface area (Å²) in [7, 11) is 1.40. The summed E-state index contributed by atoms with van der Waals surface area (Å²) in [6, 6.07) is 34.9. The summed E-state index contributed by atoms with van der Waals surface area (Å²) in [5.74, 6) is 3.44. The predicted octanol–water partition coefficient (Wildman–Crippen LogP) is 8.67. The van der Waals surface area contributed by atoms with E-state index >= 15 is 0 Å². The first-order valence-corrected chi connectivity index (χ1v) is 17.5. The molecule has 0 spiro atoms. The predicted molar refractivity (Wildman–Crippen MR) is 201 cm³/mol. The van der Waals surface area contributed by atoms with Crippen molar-refractivity contribution in [2.24, 2.45) is 0 Å². The van der Waals surface area contributed by atoms with Gasteiger partial charge in [0, 0.05) is 36.8 Å². The van der Waals surface area contributed by atoms with Crippen molar-refractivity contribution in [3.05, 3.63) is 143 Å². The maximum atomic E-state index is 11.2. The van der Waals surface area contributed by atoms with Crippen LogP contribution in [0.5, 0.6) is 11.5 Å². The Labute approximate surface area is 309 Å². The van der Waals surface area contributed by atoms with Gasteiger partial charge in [0.1, 0.15) is 23.0 Å². The Balaban J connectivity index is 0.000000204. The number of aryl methyl sites for hydroxylation is 4. The van der Waals surface area contributed by atoms with Gasteiger partial charge in [0.15, 0.2) is 0 Å². The molecule has 53 heavy (non-hydrogen) atoms. The third-order valence-corrected chi connectivity index (χ3v) is 8.36. The molecule has 10 heteroatoms. The molecule has 0 fully saturated rings. The number of benzene rings is 4. The molecule has 0 bridgehead atoms. The number of aliphatic carboxylic acids is 1. The maximum absolute atomic E-state index is 11.2. The number of oxazole rings is 2. The van der Waals surface area contributed by atoms with Crippen LogP contribution in [0.25, 0.3) is 22.9 Å². The fraction of sp³-hybridized carbons (Fsp3) is 0.256. The Hall–Kier alpha value is -6.16. The number of methoxy groups -OCH3 is 1. The second-order valence-corrected chi connectivity index (χ2v) is 12.2. The third-order valence-electron chi connectivity index (χ3n) is 8.36. The van der Waals surface area contributed by atoms with Crippen molar-refractivity contribution < 1.29 is 37.7 Å². The number of carboxylic acids is 1. The van der Waals surface area contributed by atoms with Crippen molar-refractivity contribution in [1.29, 1.82) is 0 Å². The summed E-state index contributed by atoms with van der Waals surface area (Å²) in [4.78, 5) is 30.9. The van der Waals surface area contributed by atoms with E-state index in [1.165, 1.54) is 7.11 Å². The minimum atomic E-state index is -0.789. The number of hydrogen-bond donors (Lipinski definition) is 1. The van der Waals surface area contributed by atoms with E-state index in [1.54, 1.807) is 0 Å². The number of carbonyl (C=O) groups is 2. The first kappa shape index (κ1) is 38.1. The van der Waals surface area contributed by atoms with Crippen LogP contribution in [0.15, 0.2) is 118 Å². The normalized spacial score (nSPS) is 10.6. The first-order valence-electron chi connectivity index (χ1n) is 17.5. The van der Waals surface area contributed by atoms with Crippen LogP contribution < -0.4 is 9.47 Å². The van der Waals surface area contributed by atoms with Crippen molar-refractivity contribution in [2.75, 3.05) is 20.3 Å². The number of rotatable bonds is 16. The van der Waals surface area contributed by atoms with Gasteiger partial charge in [0.25, 0.3) is 0 Å². The Morgan fingerprint density at radius 3 is 1.40 bits per heavy atom. The lowest BCUT2D eigenvalue weighted by Crippen LogP contribution is -2.03. The lowest BCUT2D eigenvalue weighted by atomic mass is 10.1. The first-order chi connectivity index (χ1) is 25.8. The van der Waals surface area contributed by atoms with Gasteiger partial charge in [-0.2, -0.15) is 0 Å². The Morgan fingerprint density at radius 1 is 0.585 bits per heavy atom. The second-order valence-electron chi connectivity index (χ2n) is 12.2. The monoisotopic (exact) mass is 716 g/mol.